The average Bonchev–Trinajstić information content (AvgIpc) is 2.23. The molecule has 0 unspecified atom stereocenters. The van der Waals surface area contributed by atoms with Crippen molar-refractivity contribution in [3.05, 3.63) is 29.3 Å². The summed E-state index contributed by atoms with van der Waals surface area (Å²) < 4.78 is 0. The van der Waals surface area contributed by atoms with Gasteiger partial charge in [0.15, 0.2) is 0 Å². The first kappa shape index (κ1) is 12.4. The van der Waals surface area contributed by atoms with Gasteiger partial charge in [0, 0.05) is 25.7 Å². The number of rotatable bonds is 4. The minimum atomic E-state index is 0.260. The van der Waals surface area contributed by atoms with E-state index in [1.807, 2.05) is 7.05 Å². The second-order valence-corrected chi connectivity index (χ2v) is 4.11. The lowest BCUT2D eigenvalue weighted by Crippen LogP contribution is -2.24. The number of anilines is 1. The van der Waals surface area contributed by atoms with Crippen LogP contribution in [0.5, 0.6) is 0 Å². The SMILES string of the molecule is Cc1cc(C)cc(N(C)CCC(N)=NO)c1. The fourth-order valence-electron chi connectivity index (χ4n) is 1.63. The molecular weight excluding hydrogens is 202 g/mol. The van der Waals surface area contributed by atoms with Gasteiger partial charge in [-0.25, -0.2) is 0 Å². The van der Waals surface area contributed by atoms with E-state index in [0.29, 0.717) is 6.42 Å². The van der Waals surface area contributed by atoms with Gasteiger partial charge in [0.25, 0.3) is 0 Å². The highest BCUT2D eigenvalue weighted by atomic mass is 16.4. The minimum Gasteiger partial charge on any atom is -0.409 e. The topological polar surface area (TPSA) is 61.8 Å². The molecule has 0 atom stereocenters. The Bertz CT molecular complexity index is 368. The lowest BCUT2D eigenvalue weighted by Gasteiger charge is -2.20. The quantitative estimate of drug-likeness (QED) is 0.353. The summed E-state index contributed by atoms with van der Waals surface area (Å²) in [5, 5.41) is 11.4. The standard InChI is InChI=1S/C12H19N3O/c1-9-6-10(2)8-11(7-9)15(3)5-4-12(13)14-16/h6-8,16H,4-5H2,1-3H3,(H2,13,14). The highest BCUT2D eigenvalue weighted by Gasteiger charge is 2.03. The van der Waals surface area contributed by atoms with E-state index in [0.717, 1.165) is 12.2 Å². The Balaban J connectivity index is 2.69. The summed E-state index contributed by atoms with van der Waals surface area (Å²) in [5.74, 6) is 0.260. The fraction of sp³-hybridized carbons (Fsp3) is 0.417. The lowest BCUT2D eigenvalue weighted by molar-refractivity contribution is 0.317. The van der Waals surface area contributed by atoms with Crippen molar-refractivity contribution in [2.45, 2.75) is 20.3 Å². The molecule has 0 aliphatic rings. The largest absolute Gasteiger partial charge is 0.409 e. The Morgan fingerprint density at radius 1 is 1.31 bits per heavy atom. The zero-order valence-corrected chi connectivity index (χ0v) is 10.1. The van der Waals surface area contributed by atoms with Crippen LogP contribution in [0.25, 0.3) is 0 Å². The van der Waals surface area contributed by atoms with Crippen LogP contribution < -0.4 is 10.6 Å². The lowest BCUT2D eigenvalue weighted by atomic mass is 10.1. The van der Waals surface area contributed by atoms with Gasteiger partial charge in [-0.2, -0.15) is 0 Å². The van der Waals surface area contributed by atoms with Crippen LogP contribution in [-0.4, -0.2) is 24.6 Å². The normalized spacial score (nSPS) is 11.6. The molecule has 4 nitrogen and oxygen atoms in total. The highest BCUT2D eigenvalue weighted by molar-refractivity contribution is 5.80. The van der Waals surface area contributed by atoms with Crippen LogP contribution >= 0.6 is 0 Å². The van der Waals surface area contributed by atoms with Crippen molar-refractivity contribution >= 4 is 11.5 Å². The summed E-state index contributed by atoms with van der Waals surface area (Å²) in [7, 11) is 2.00. The Morgan fingerprint density at radius 3 is 2.38 bits per heavy atom. The fourth-order valence-corrected chi connectivity index (χ4v) is 1.63. The van der Waals surface area contributed by atoms with Crippen molar-refractivity contribution in [1.82, 2.24) is 0 Å². The molecule has 88 valence electrons. The van der Waals surface area contributed by atoms with Crippen molar-refractivity contribution < 1.29 is 5.21 Å². The molecule has 0 saturated carbocycles. The van der Waals surface area contributed by atoms with Crippen LogP contribution in [0.3, 0.4) is 0 Å². The Kier molecular flexibility index (Phi) is 4.17. The number of hydrogen-bond donors (Lipinski definition) is 2. The first-order chi connectivity index (χ1) is 7.52. The summed E-state index contributed by atoms with van der Waals surface area (Å²) in [4.78, 5) is 2.10. The summed E-state index contributed by atoms with van der Waals surface area (Å²) in [5.41, 5.74) is 9.07. The summed E-state index contributed by atoms with van der Waals surface area (Å²) in [6.07, 6.45) is 0.556. The van der Waals surface area contributed by atoms with Gasteiger partial charge in [0.05, 0.1) is 0 Å². The van der Waals surface area contributed by atoms with Gasteiger partial charge in [-0.15, -0.1) is 0 Å². The maximum absolute atomic E-state index is 8.45. The molecule has 0 radical (unpaired) electrons. The second-order valence-electron chi connectivity index (χ2n) is 4.11. The molecule has 0 bridgehead atoms. The van der Waals surface area contributed by atoms with Crippen molar-refractivity contribution in [1.29, 1.82) is 0 Å². The number of benzene rings is 1. The van der Waals surface area contributed by atoms with E-state index in [1.54, 1.807) is 0 Å². The summed E-state index contributed by atoms with van der Waals surface area (Å²) >= 11 is 0. The maximum atomic E-state index is 8.45. The molecule has 3 N–H and O–H groups in total. The molecule has 1 rings (SSSR count). The third kappa shape index (κ3) is 3.46. The molecule has 1 aromatic carbocycles. The smallest absolute Gasteiger partial charge is 0.140 e. The monoisotopic (exact) mass is 221 g/mol. The Morgan fingerprint density at radius 2 is 1.88 bits per heavy atom. The third-order valence-electron chi connectivity index (χ3n) is 2.48. The number of oxime groups is 1. The average molecular weight is 221 g/mol. The zero-order valence-electron chi connectivity index (χ0n) is 10.1. The van der Waals surface area contributed by atoms with Gasteiger partial charge in [-0.3, -0.25) is 0 Å². The predicted molar refractivity (Wildman–Crippen MR) is 67.2 cm³/mol. The van der Waals surface area contributed by atoms with Gasteiger partial charge in [-0.1, -0.05) is 11.2 Å². The van der Waals surface area contributed by atoms with Crippen LogP contribution in [-0.2, 0) is 0 Å². The van der Waals surface area contributed by atoms with Gasteiger partial charge >= 0.3 is 0 Å². The molecular formula is C12H19N3O. The number of nitrogens with zero attached hydrogens (tertiary/aromatic N) is 2. The molecule has 4 heteroatoms. The third-order valence-corrected chi connectivity index (χ3v) is 2.48. The van der Waals surface area contributed by atoms with Crippen molar-refractivity contribution in [3.63, 3.8) is 0 Å². The van der Waals surface area contributed by atoms with Crippen LogP contribution in [0, 0.1) is 13.8 Å². The van der Waals surface area contributed by atoms with Crippen LogP contribution in [0.1, 0.15) is 17.5 Å². The van der Waals surface area contributed by atoms with Crippen molar-refractivity contribution in [3.8, 4) is 0 Å². The first-order valence-electron chi connectivity index (χ1n) is 5.28. The van der Waals surface area contributed by atoms with E-state index in [1.165, 1.54) is 11.1 Å². The zero-order chi connectivity index (χ0) is 12.1. The van der Waals surface area contributed by atoms with Crippen molar-refractivity contribution in [2.24, 2.45) is 10.9 Å². The molecule has 1 aromatic rings. The van der Waals surface area contributed by atoms with E-state index >= 15 is 0 Å². The number of nitrogens with two attached hydrogens (primary N) is 1. The summed E-state index contributed by atoms with van der Waals surface area (Å²) in [6.45, 7) is 4.89. The first-order valence-corrected chi connectivity index (χ1v) is 5.28. The highest BCUT2D eigenvalue weighted by Crippen LogP contribution is 2.17. The molecule has 0 fully saturated rings. The molecule has 0 aliphatic carbocycles. The van der Waals surface area contributed by atoms with Crippen molar-refractivity contribution in [2.75, 3.05) is 18.5 Å². The molecule has 0 aliphatic heterocycles. The predicted octanol–water partition coefficient (Wildman–Crippen LogP) is 1.88. The van der Waals surface area contributed by atoms with E-state index in [4.69, 9.17) is 10.9 Å². The van der Waals surface area contributed by atoms with Crippen LogP contribution in [0.2, 0.25) is 0 Å². The van der Waals surface area contributed by atoms with E-state index in [-0.39, 0.29) is 5.84 Å². The molecule has 0 aromatic heterocycles. The second kappa shape index (κ2) is 5.39. The maximum Gasteiger partial charge on any atom is 0.140 e. The number of aryl methyl sites for hydroxylation is 2. The number of hydrogen-bond acceptors (Lipinski definition) is 3. The molecule has 0 saturated heterocycles. The number of amidine groups is 1. The Hall–Kier alpha value is -1.71. The van der Waals surface area contributed by atoms with Gasteiger partial charge < -0.3 is 15.8 Å². The molecule has 0 spiro atoms. The molecule has 0 heterocycles. The Labute approximate surface area is 96.4 Å². The molecule has 16 heavy (non-hydrogen) atoms. The van der Waals surface area contributed by atoms with Gasteiger partial charge in [-0.05, 0) is 37.1 Å². The summed E-state index contributed by atoms with van der Waals surface area (Å²) in [6, 6.07) is 6.39. The van der Waals surface area contributed by atoms with Gasteiger partial charge in [0.1, 0.15) is 5.84 Å². The molecule has 0 amide bonds. The van der Waals surface area contributed by atoms with E-state index < -0.39 is 0 Å². The van der Waals surface area contributed by atoms with Crippen LogP contribution in [0.4, 0.5) is 5.69 Å². The van der Waals surface area contributed by atoms with Gasteiger partial charge in [0.2, 0.25) is 0 Å². The minimum absolute atomic E-state index is 0.260. The van der Waals surface area contributed by atoms with Crippen LogP contribution in [0.15, 0.2) is 23.4 Å². The van der Waals surface area contributed by atoms with E-state index in [9.17, 15) is 0 Å². The van der Waals surface area contributed by atoms with E-state index in [2.05, 4.69) is 42.1 Å².